The lowest BCUT2D eigenvalue weighted by Crippen LogP contribution is -2.22. The van der Waals surface area contributed by atoms with E-state index in [4.69, 9.17) is 5.11 Å². The van der Waals surface area contributed by atoms with E-state index in [0.717, 1.165) is 5.56 Å². The third-order valence-electron chi connectivity index (χ3n) is 3.41. The fourth-order valence-electron chi connectivity index (χ4n) is 2.00. The van der Waals surface area contributed by atoms with E-state index in [1.165, 1.54) is 12.1 Å². The Bertz CT molecular complexity index is 737. The number of hydrogen-bond donors (Lipinski definition) is 3. The van der Waals surface area contributed by atoms with Crippen LogP contribution in [-0.2, 0) is 11.3 Å². The van der Waals surface area contributed by atoms with E-state index in [9.17, 15) is 14.4 Å². The highest BCUT2D eigenvalue weighted by molar-refractivity contribution is 5.95. The van der Waals surface area contributed by atoms with Gasteiger partial charge in [-0.2, -0.15) is 0 Å². The number of nitrogens with one attached hydrogen (secondary N) is 2. The van der Waals surface area contributed by atoms with Crippen molar-refractivity contribution in [1.82, 2.24) is 5.32 Å². The van der Waals surface area contributed by atoms with Crippen molar-refractivity contribution in [2.45, 2.75) is 19.9 Å². The van der Waals surface area contributed by atoms with Crippen LogP contribution in [0.15, 0.2) is 48.5 Å². The highest BCUT2D eigenvalue weighted by Crippen LogP contribution is 2.10. The molecule has 0 saturated heterocycles. The Hall–Kier alpha value is -3.15. The first kappa shape index (κ1) is 17.2. The highest BCUT2D eigenvalue weighted by atomic mass is 16.4. The molecule has 2 amide bonds. The molecule has 6 heteroatoms. The molecule has 0 atom stereocenters. The smallest absolute Gasteiger partial charge is 0.335 e. The first-order valence-corrected chi connectivity index (χ1v) is 7.50. The van der Waals surface area contributed by atoms with E-state index < -0.39 is 5.97 Å². The lowest BCUT2D eigenvalue weighted by molar-refractivity contribution is -0.115. The van der Waals surface area contributed by atoms with Gasteiger partial charge in [-0.1, -0.05) is 19.1 Å². The van der Waals surface area contributed by atoms with Gasteiger partial charge >= 0.3 is 5.97 Å². The SMILES string of the molecule is CCC(=O)Nc1ccc(C(=O)NCc2ccc(C(=O)O)cc2)cc1. The minimum Gasteiger partial charge on any atom is -0.478 e. The van der Waals surface area contributed by atoms with E-state index in [0.29, 0.717) is 24.2 Å². The predicted octanol–water partition coefficient (Wildman–Crippen LogP) is 2.66. The average molecular weight is 326 g/mol. The lowest BCUT2D eigenvalue weighted by Gasteiger charge is -2.07. The maximum absolute atomic E-state index is 12.1. The van der Waals surface area contributed by atoms with Crippen molar-refractivity contribution in [3.05, 3.63) is 65.2 Å². The van der Waals surface area contributed by atoms with E-state index in [1.807, 2.05) is 0 Å². The zero-order chi connectivity index (χ0) is 17.5. The molecule has 2 rings (SSSR count). The van der Waals surface area contributed by atoms with Crippen molar-refractivity contribution in [2.75, 3.05) is 5.32 Å². The number of carboxylic acid groups (broad SMARTS) is 1. The topological polar surface area (TPSA) is 95.5 Å². The molecule has 0 aliphatic rings. The summed E-state index contributed by atoms with van der Waals surface area (Å²) in [5.74, 6) is -1.32. The van der Waals surface area contributed by atoms with Crippen LogP contribution in [0.4, 0.5) is 5.69 Å². The van der Waals surface area contributed by atoms with Gasteiger partial charge in [-0.05, 0) is 42.0 Å². The zero-order valence-corrected chi connectivity index (χ0v) is 13.2. The van der Waals surface area contributed by atoms with Crippen LogP contribution in [0.25, 0.3) is 0 Å². The van der Waals surface area contributed by atoms with Gasteiger partial charge in [0.15, 0.2) is 0 Å². The first-order valence-electron chi connectivity index (χ1n) is 7.50. The summed E-state index contributed by atoms with van der Waals surface area (Å²) in [6.45, 7) is 2.06. The fourth-order valence-corrected chi connectivity index (χ4v) is 2.00. The summed E-state index contributed by atoms with van der Waals surface area (Å²) in [4.78, 5) is 34.2. The van der Waals surface area contributed by atoms with Crippen molar-refractivity contribution < 1.29 is 19.5 Å². The number of amides is 2. The van der Waals surface area contributed by atoms with Crippen LogP contribution in [0.2, 0.25) is 0 Å². The summed E-state index contributed by atoms with van der Waals surface area (Å²) >= 11 is 0. The molecule has 0 aliphatic heterocycles. The lowest BCUT2D eigenvalue weighted by atomic mass is 10.1. The third-order valence-corrected chi connectivity index (χ3v) is 3.41. The second kappa shape index (κ2) is 7.92. The molecule has 6 nitrogen and oxygen atoms in total. The molecule has 0 spiro atoms. The summed E-state index contributed by atoms with van der Waals surface area (Å²) in [7, 11) is 0. The Morgan fingerprint density at radius 3 is 2.04 bits per heavy atom. The van der Waals surface area contributed by atoms with Crippen LogP contribution in [0.5, 0.6) is 0 Å². The Labute approximate surface area is 139 Å². The normalized spacial score (nSPS) is 10.0. The number of anilines is 1. The molecule has 0 fully saturated rings. The largest absolute Gasteiger partial charge is 0.478 e. The summed E-state index contributed by atoms with van der Waals surface area (Å²) in [6, 6.07) is 12.9. The molecule has 3 N–H and O–H groups in total. The molecule has 2 aromatic carbocycles. The Morgan fingerprint density at radius 2 is 1.50 bits per heavy atom. The second-order valence-electron chi connectivity index (χ2n) is 5.16. The molecule has 0 aliphatic carbocycles. The van der Waals surface area contributed by atoms with Crippen molar-refractivity contribution in [3.63, 3.8) is 0 Å². The molecule has 0 bridgehead atoms. The van der Waals surface area contributed by atoms with Crippen LogP contribution in [0.1, 0.15) is 39.6 Å². The number of aromatic carboxylic acids is 1. The van der Waals surface area contributed by atoms with Gasteiger partial charge in [0.05, 0.1) is 5.56 Å². The van der Waals surface area contributed by atoms with E-state index in [1.54, 1.807) is 43.3 Å². The van der Waals surface area contributed by atoms with Gasteiger partial charge in [0.2, 0.25) is 5.91 Å². The molecule has 0 saturated carbocycles. The maximum atomic E-state index is 12.1. The van der Waals surface area contributed by atoms with Crippen molar-refractivity contribution >= 4 is 23.5 Å². The highest BCUT2D eigenvalue weighted by Gasteiger charge is 2.07. The Kier molecular flexibility index (Phi) is 5.68. The van der Waals surface area contributed by atoms with Gasteiger partial charge in [-0.3, -0.25) is 9.59 Å². The molecule has 124 valence electrons. The maximum Gasteiger partial charge on any atom is 0.335 e. The average Bonchev–Trinajstić information content (AvgIpc) is 2.60. The summed E-state index contributed by atoms with van der Waals surface area (Å²) < 4.78 is 0. The quantitative estimate of drug-likeness (QED) is 0.760. The zero-order valence-electron chi connectivity index (χ0n) is 13.2. The summed E-state index contributed by atoms with van der Waals surface area (Å²) in [5, 5.41) is 14.3. The number of carbonyl (C=O) groups is 3. The van der Waals surface area contributed by atoms with Crippen LogP contribution in [0, 0.1) is 0 Å². The van der Waals surface area contributed by atoms with E-state index in [2.05, 4.69) is 10.6 Å². The standard InChI is InChI=1S/C18H18N2O4/c1-2-16(21)20-15-9-7-13(8-10-15)17(22)19-11-12-3-5-14(6-4-12)18(23)24/h3-10H,2,11H2,1H3,(H,19,22)(H,20,21)(H,23,24). The number of carbonyl (C=O) groups excluding carboxylic acids is 2. The first-order chi connectivity index (χ1) is 11.5. The van der Waals surface area contributed by atoms with E-state index >= 15 is 0 Å². The van der Waals surface area contributed by atoms with Crippen molar-refractivity contribution in [1.29, 1.82) is 0 Å². The molecular formula is C18H18N2O4. The number of carboxylic acids is 1. The Balaban J connectivity index is 1.92. The molecule has 24 heavy (non-hydrogen) atoms. The number of benzene rings is 2. The van der Waals surface area contributed by atoms with Crippen LogP contribution >= 0.6 is 0 Å². The van der Waals surface area contributed by atoms with Gasteiger partial charge < -0.3 is 15.7 Å². The van der Waals surface area contributed by atoms with Gasteiger partial charge in [0.25, 0.3) is 5.91 Å². The van der Waals surface area contributed by atoms with E-state index in [-0.39, 0.29) is 17.4 Å². The predicted molar refractivity (Wildman–Crippen MR) is 89.9 cm³/mol. The van der Waals surface area contributed by atoms with Gasteiger partial charge in [-0.25, -0.2) is 4.79 Å². The minimum absolute atomic E-state index is 0.0861. The molecule has 0 aromatic heterocycles. The molecule has 0 unspecified atom stereocenters. The molecular weight excluding hydrogens is 308 g/mol. The minimum atomic E-state index is -0.985. The number of hydrogen-bond acceptors (Lipinski definition) is 3. The van der Waals surface area contributed by atoms with Crippen LogP contribution in [0.3, 0.4) is 0 Å². The monoisotopic (exact) mass is 326 g/mol. The van der Waals surface area contributed by atoms with Gasteiger partial charge in [0, 0.05) is 24.2 Å². The summed E-state index contributed by atoms with van der Waals surface area (Å²) in [6.07, 6.45) is 0.392. The van der Waals surface area contributed by atoms with Crippen molar-refractivity contribution in [3.8, 4) is 0 Å². The third kappa shape index (κ3) is 4.67. The fraction of sp³-hybridized carbons (Fsp3) is 0.167. The molecule has 2 aromatic rings. The molecule has 0 heterocycles. The van der Waals surface area contributed by atoms with Gasteiger partial charge in [0.1, 0.15) is 0 Å². The van der Waals surface area contributed by atoms with Crippen LogP contribution in [-0.4, -0.2) is 22.9 Å². The number of rotatable bonds is 6. The van der Waals surface area contributed by atoms with Crippen LogP contribution < -0.4 is 10.6 Å². The molecule has 0 radical (unpaired) electrons. The second-order valence-corrected chi connectivity index (χ2v) is 5.16. The Morgan fingerprint density at radius 1 is 0.917 bits per heavy atom. The van der Waals surface area contributed by atoms with Gasteiger partial charge in [-0.15, -0.1) is 0 Å². The summed E-state index contributed by atoms with van der Waals surface area (Å²) in [5.41, 5.74) is 2.13. The van der Waals surface area contributed by atoms with Crippen molar-refractivity contribution in [2.24, 2.45) is 0 Å².